The number of aromatic nitrogens is 4. The summed E-state index contributed by atoms with van der Waals surface area (Å²) in [5.41, 5.74) is 11.8. The molecule has 8 aromatic rings. The number of furan rings is 1. The zero-order valence-corrected chi connectivity index (χ0v) is 25.4. The highest BCUT2D eigenvalue weighted by atomic mass is 16.3. The zero-order valence-electron chi connectivity index (χ0n) is 25.4. The lowest BCUT2D eigenvalue weighted by Gasteiger charge is -2.21. The van der Waals surface area contributed by atoms with Gasteiger partial charge in [0.25, 0.3) is 0 Å². The molecule has 0 bridgehead atoms. The van der Waals surface area contributed by atoms with Crippen LogP contribution in [0.3, 0.4) is 0 Å². The molecule has 3 aromatic heterocycles. The molecule has 3 heterocycles. The van der Waals surface area contributed by atoms with Crippen molar-refractivity contribution < 1.29 is 4.42 Å². The van der Waals surface area contributed by atoms with E-state index in [9.17, 15) is 0 Å². The standard InChI is InChI=1S/C41H28N4O/c1-41(2)33-13-7-6-12-29(33)30-23-32-31-22-28(19-20-36(31)46-37(32)24-34(30)41)25-15-17-27(18-16-25)39-43-38(26-10-4-3-5-11-26)44-40(45-39)35-14-8-9-21-42-35/h3-24H,1-2H3. The first-order chi connectivity index (χ1) is 22.5. The highest BCUT2D eigenvalue weighted by Crippen LogP contribution is 2.50. The maximum absolute atomic E-state index is 6.41. The summed E-state index contributed by atoms with van der Waals surface area (Å²) in [4.78, 5) is 18.9. The summed E-state index contributed by atoms with van der Waals surface area (Å²) in [5.74, 6) is 1.77. The van der Waals surface area contributed by atoms with E-state index in [0.717, 1.165) is 44.2 Å². The van der Waals surface area contributed by atoms with Crippen molar-refractivity contribution in [3.8, 4) is 56.5 Å². The summed E-state index contributed by atoms with van der Waals surface area (Å²) in [6.07, 6.45) is 1.75. The average Bonchev–Trinajstić information content (AvgIpc) is 3.59. The molecular weight excluding hydrogens is 564 g/mol. The molecule has 46 heavy (non-hydrogen) atoms. The maximum Gasteiger partial charge on any atom is 0.182 e. The molecule has 0 saturated carbocycles. The Morgan fingerprint density at radius 3 is 1.91 bits per heavy atom. The fourth-order valence-electron chi connectivity index (χ4n) is 6.79. The molecule has 9 rings (SSSR count). The molecule has 0 unspecified atom stereocenters. The van der Waals surface area contributed by atoms with Crippen molar-refractivity contribution in [1.29, 1.82) is 0 Å². The van der Waals surface area contributed by atoms with E-state index in [-0.39, 0.29) is 5.41 Å². The summed E-state index contributed by atoms with van der Waals surface area (Å²) < 4.78 is 6.41. The number of pyridine rings is 1. The van der Waals surface area contributed by atoms with Gasteiger partial charge >= 0.3 is 0 Å². The molecule has 0 atom stereocenters. The van der Waals surface area contributed by atoms with Crippen molar-refractivity contribution in [2.75, 3.05) is 0 Å². The topological polar surface area (TPSA) is 64.7 Å². The van der Waals surface area contributed by atoms with Crippen molar-refractivity contribution in [3.05, 3.63) is 145 Å². The lowest BCUT2D eigenvalue weighted by atomic mass is 9.82. The minimum absolute atomic E-state index is 0.0647. The van der Waals surface area contributed by atoms with Crippen LogP contribution in [-0.4, -0.2) is 19.9 Å². The van der Waals surface area contributed by atoms with Gasteiger partial charge in [0.1, 0.15) is 16.9 Å². The third kappa shape index (κ3) is 4.16. The van der Waals surface area contributed by atoms with E-state index in [1.54, 1.807) is 6.20 Å². The lowest BCUT2D eigenvalue weighted by Crippen LogP contribution is -2.14. The quantitative estimate of drug-likeness (QED) is 0.203. The Morgan fingerprint density at radius 1 is 0.478 bits per heavy atom. The van der Waals surface area contributed by atoms with E-state index < -0.39 is 0 Å². The van der Waals surface area contributed by atoms with Crippen LogP contribution in [0.5, 0.6) is 0 Å². The molecule has 5 nitrogen and oxygen atoms in total. The molecule has 1 aliphatic rings. The molecule has 0 aliphatic heterocycles. The van der Waals surface area contributed by atoms with E-state index in [1.165, 1.54) is 22.3 Å². The van der Waals surface area contributed by atoms with E-state index >= 15 is 0 Å². The molecule has 5 heteroatoms. The van der Waals surface area contributed by atoms with Crippen LogP contribution in [0.1, 0.15) is 25.0 Å². The van der Waals surface area contributed by atoms with Crippen LogP contribution in [-0.2, 0) is 5.41 Å². The van der Waals surface area contributed by atoms with Crippen molar-refractivity contribution >= 4 is 21.9 Å². The summed E-state index contributed by atoms with van der Waals surface area (Å²) in [6, 6.07) is 43.9. The highest BCUT2D eigenvalue weighted by Gasteiger charge is 2.36. The van der Waals surface area contributed by atoms with Crippen LogP contribution in [0.15, 0.2) is 138 Å². The Labute approximate surface area is 266 Å². The van der Waals surface area contributed by atoms with Gasteiger partial charge in [-0.05, 0) is 69.8 Å². The number of hydrogen-bond donors (Lipinski definition) is 0. The Hall–Kier alpha value is -5.94. The summed E-state index contributed by atoms with van der Waals surface area (Å²) >= 11 is 0. The molecule has 1 aliphatic carbocycles. The van der Waals surface area contributed by atoms with Crippen molar-refractivity contribution in [1.82, 2.24) is 19.9 Å². The van der Waals surface area contributed by atoms with Crippen molar-refractivity contribution in [2.24, 2.45) is 0 Å². The second-order valence-corrected chi connectivity index (χ2v) is 12.3. The van der Waals surface area contributed by atoms with Gasteiger partial charge in [-0.15, -0.1) is 0 Å². The molecule has 0 fully saturated rings. The van der Waals surface area contributed by atoms with Gasteiger partial charge in [0.2, 0.25) is 0 Å². The summed E-state index contributed by atoms with van der Waals surface area (Å²) in [7, 11) is 0. The number of hydrogen-bond acceptors (Lipinski definition) is 5. The van der Waals surface area contributed by atoms with Gasteiger partial charge in [-0.3, -0.25) is 4.98 Å². The van der Waals surface area contributed by atoms with Crippen molar-refractivity contribution in [2.45, 2.75) is 19.3 Å². The van der Waals surface area contributed by atoms with E-state index in [2.05, 4.69) is 97.7 Å². The van der Waals surface area contributed by atoms with Crippen molar-refractivity contribution in [3.63, 3.8) is 0 Å². The molecule has 5 aromatic carbocycles. The number of nitrogens with zero attached hydrogens (tertiary/aromatic N) is 4. The van der Waals surface area contributed by atoms with E-state index in [0.29, 0.717) is 23.2 Å². The fraction of sp³-hybridized carbons (Fsp3) is 0.0732. The minimum Gasteiger partial charge on any atom is -0.456 e. The molecular formula is C41H28N4O. The zero-order chi connectivity index (χ0) is 30.8. The predicted molar refractivity (Wildman–Crippen MR) is 184 cm³/mol. The fourth-order valence-corrected chi connectivity index (χ4v) is 6.79. The Bertz CT molecular complexity index is 2370. The number of benzene rings is 5. The van der Waals surface area contributed by atoms with Gasteiger partial charge in [-0.25, -0.2) is 15.0 Å². The molecule has 0 N–H and O–H groups in total. The molecule has 0 amide bonds. The average molecular weight is 593 g/mol. The Balaban J connectivity index is 1.11. The summed E-state index contributed by atoms with van der Waals surface area (Å²) in [6.45, 7) is 4.60. The first-order valence-corrected chi connectivity index (χ1v) is 15.5. The molecule has 0 radical (unpaired) electrons. The highest BCUT2D eigenvalue weighted by molar-refractivity contribution is 6.09. The normalized spacial score (nSPS) is 13.2. The third-order valence-corrected chi connectivity index (χ3v) is 9.21. The van der Waals surface area contributed by atoms with Crippen LogP contribution < -0.4 is 0 Å². The second kappa shape index (κ2) is 10.0. The molecule has 0 saturated heterocycles. The van der Waals surface area contributed by atoms with Crippen LogP contribution in [0.2, 0.25) is 0 Å². The van der Waals surface area contributed by atoms with Gasteiger partial charge in [-0.1, -0.05) is 105 Å². The lowest BCUT2D eigenvalue weighted by molar-refractivity contribution is 0.647. The molecule has 0 spiro atoms. The smallest absolute Gasteiger partial charge is 0.182 e. The number of rotatable bonds is 4. The monoisotopic (exact) mass is 592 g/mol. The van der Waals surface area contributed by atoms with Crippen LogP contribution in [0.4, 0.5) is 0 Å². The SMILES string of the molecule is CC1(C)c2ccccc2-c2cc3c(cc21)oc1ccc(-c2ccc(-c4nc(-c5ccccc5)nc(-c5ccccn5)n4)cc2)cc13. The Kier molecular flexibility index (Phi) is 5.78. The van der Waals surface area contributed by atoms with Gasteiger partial charge in [0.05, 0.1) is 0 Å². The van der Waals surface area contributed by atoms with Gasteiger partial charge in [-0.2, -0.15) is 0 Å². The van der Waals surface area contributed by atoms with Crippen LogP contribution in [0.25, 0.3) is 78.5 Å². The predicted octanol–water partition coefficient (Wildman–Crippen LogP) is 10.1. The van der Waals surface area contributed by atoms with Gasteiger partial charge < -0.3 is 4.42 Å². The molecule has 218 valence electrons. The third-order valence-electron chi connectivity index (χ3n) is 9.21. The van der Waals surface area contributed by atoms with Crippen LogP contribution >= 0.6 is 0 Å². The van der Waals surface area contributed by atoms with Gasteiger partial charge in [0, 0.05) is 33.5 Å². The van der Waals surface area contributed by atoms with Gasteiger partial charge in [0.15, 0.2) is 17.5 Å². The summed E-state index contributed by atoms with van der Waals surface area (Å²) in [5, 5.41) is 2.26. The largest absolute Gasteiger partial charge is 0.456 e. The van der Waals surface area contributed by atoms with E-state index in [4.69, 9.17) is 19.4 Å². The first-order valence-electron chi connectivity index (χ1n) is 15.5. The maximum atomic E-state index is 6.41. The minimum atomic E-state index is -0.0647. The second-order valence-electron chi connectivity index (χ2n) is 12.3. The Morgan fingerprint density at radius 2 is 1.13 bits per heavy atom. The van der Waals surface area contributed by atoms with Crippen LogP contribution in [0, 0.1) is 0 Å². The number of fused-ring (bicyclic) bond motifs is 6. The van der Waals surface area contributed by atoms with E-state index in [1.807, 2.05) is 48.5 Å². The first kappa shape index (κ1) is 26.5.